The summed E-state index contributed by atoms with van der Waals surface area (Å²) in [7, 11) is 0. The van der Waals surface area contributed by atoms with E-state index in [1.54, 1.807) is 30.6 Å². The number of aromatic nitrogens is 4. The van der Waals surface area contributed by atoms with Gasteiger partial charge in [-0.2, -0.15) is 17.7 Å². The van der Waals surface area contributed by atoms with Crippen molar-refractivity contribution in [1.29, 1.82) is 0 Å². The Labute approximate surface area is 144 Å². The van der Waals surface area contributed by atoms with Crippen LogP contribution < -0.4 is 0 Å². The number of benzene rings is 1. The number of hydrogen-bond acceptors (Lipinski definition) is 4. The molecule has 18 heavy (non-hydrogen) atoms. The van der Waals surface area contributed by atoms with Crippen LogP contribution in [0, 0.1) is 13.8 Å². The van der Waals surface area contributed by atoms with E-state index < -0.39 is 0 Å². The van der Waals surface area contributed by atoms with Crippen molar-refractivity contribution in [1.82, 2.24) is 20.2 Å². The van der Waals surface area contributed by atoms with Gasteiger partial charge in [0, 0.05) is 39.3 Å². The molecule has 0 amide bonds. The van der Waals surface area contributed by atoms with Crippen molar-refractivity contribution in [3.05, 3.63) is 49.6 Å². The molecule has 7 heteroatoms. The fourth-order valence-electron chi connectivity index (χ4n) is 0.800. The summed E-state index contributed by atoms with van der Waals surface area (Å²) in [6.45, 7) is 2.74. The molecule has 0 saturated heterocycles. The first kappa shape index (κ1) is 22.8. The van der Waals surface area contributed by atoms with Gasteiger partial charge in [-0.25, -0.2) is 6.33 Å². The topological polar surface area (TPSA) is 60.7 Å². The van der Waals surface area contributed by atoms with Gasteiger partial charge in [-0.1, -0.05) is 16.5 Å². The van der Waals surface area contributed by atoms with Crippen LogP contribution >= 0.6 is 0 Å². The van der Waals surface area contributed by atoms with Crippen molar-refractivity contribution in [2.45, 2.75) is 13.5 Å². The Balaban J connectivity index is -0.000000215. The molecule has 0 N–H and O–H groups in total. The second kappa shape index (κ2) is 14.7. The van der Waals surface area contributed by atoms with Crippen molar-refractivity contribution in [3.63, 3.8) is 0 Å². The molecule has 0 unspecified atom stereocenters. The Kier molecular flexibility index (Phi) is 18.6. The van der Waals surface area contributed by atoms with E-state index in [-0.39, 0.29) is 58.7 Å². The molecule has 2 aromatic rings. The van der Waals surface area contributed by atoms with Crippen molar-refractivity contribution < 1.29 is 56.1 Å². The zero-order valence-corrected chi connectivity index (χ0v) is 14.6. The van der Waals surface area contributed by atoms with E-state index in [4.69, 9.17) is 0 Å². The Morgan fingerprint density at radius 1 is 1.33 bits per heavy atom. The molecule has 0 atom stereocenters. The van der Waals surface area contributed by atoms with Crippen LogP contribution in [-0.2, 0) is 62.6 Å². The zero-order valence-electron chi connectivity index (χ0n) is 10.3. The van der Waals surface area contributed by atoms with Crippen LogP contribution in [0.25, 0.3) is 0 Å². The van der Waals surface area contributed by atoms with Gasteiger partial charge in [-0.3, -0.25) is 0 Å². The summed E-state index contributed by atoms with van der Waals surface area (Å²) in [5.41, 5.74) is 0.604. The maximum absolute atomic E-state index is 9.88. The smallest absolute Gasteiger partial charge is 0.408 e. The normalized spacial score (nSPS) is 7.39. The maximum atomic E-state index is 9.88. The van der Waals surface area contributed by atoms with E-state index in [0.717, 1.165) is 6.54 Å². The fraction of sp³-hybridized carbons (Fsp3) is 0.182. The summed E-state index contributed by atoms with van der Waals surface area (Å²) in [5.74, 6) is 0. The summed E-state index contributed by atoms with van der Waals surface area (Å²) >= 11 is 0. The molecular weight excluding hydrogens is 344 g/mol. The first-order valence-corrected chi connectivity index (χ1v) is 4.44. The number of nitrogens with zero attached hydrogens (tertiary/aromatic N) is 4. The molecule has 0 aliphatic rings. The minimum atomic E-state index is 0. The summed E-state index contributed by atoms with van der Waals surface area (Å²) in [6.07, 6.45) is 4.31. The van der Waals surface area contributed by atoms with E-state index in [0.29, 0.717) is 5.56 Å². The monoisotopic (exact) mass is 357 g/mol. The largest absolute Gasteiger partial charge is 2.00 e. The van der Waals surface area contributed by atoms with Gasteiger partial charge in [0.25, 0.3) is 0 Å². The number of rotatable bonds is 2. The molecule has 92 valence electrons. The van der Waals surface area contributed by atoms with Crippen LogP contribution in [0.15, 0.2) is 30.3 Å². The van der Waals surface area contributed by atoms with E-state index >= 15 is 0 Å². The predicted octanol–water partition coefficient (Wildman–Crippen LogP) is 1.08. The van der Waals surface area contributed by atoms with Crippen LogP contribution in [0.2, 0.25) is 0 Å². The summed E-state index contributed by atoms with van der Waals surface area (Å²) < 4.78 is 1.53. The minimum Gasteiger partial charge on any atom is -0.408 e. The van der Waals surface area contributed by atoms with Crippen molar-refractivity contribution in [2.75, 3.05) is 0 Å². The molecule has 0 spiro atoms. The quantitative estimate of drug-likeness (QED) is 0.755. The Morgan fingerprint density at radius 3 is 2.22 bits per heavy atom. The van der Waals surface area contributed by atoms with Gasteiger partial charge in [0.05, 0.1) is 6.29 Å². The van der Waals surface area contributed by atoms with Crippen molar-refractivity contribution in [3.8, 4) is 0 Å². The molecule has 1 aromatic carbocycles. The van der Waals surface area contributed by atoms with Gasteiger partial charge in [0.1, 0.15) is 0 Å². The molecule has 1 aromatic heterocycles. The third-order valence-corrected chi connectivity index (χ3v) is 1.54. The van der Waals surface area contributed by atoms with Crippen molar-refractivity contribution in [2.24, 2.45) is 0 Å². The van der Waals surface area contributed by atoms with E-state index in [2.05, 4.69) is 21.9 Å². The molecule has 0 aliphatic carbocycles. The van der Waals surface area contributed by atoms with Crippen molar-refractivity contribution >= 4 is 6.29 Å². The van der Waals surface area contributed by atoms with Gasteiger partial charge in [-0.05, 0) is 6.92 Å². The number of aryl methyl sites for hydroxylation is 1. The van der Waals surface area contributed by atoms with Gasteiger partial charge in [0.2, 0.25) is 0 Å². The molecule has 0 aliphatic heterocycles. The summed E-state index contributed by atoms with van der Waals surface area (Å²) in [5, 5.41) is 10.2. The van der Waals surface area contributed by atoms with Crippen LogP contribution in [0.5, 0.6) is 0 Å². The Morgan fingerprint density at radius 2 is 1.94 bits per heavy atom. The Bertz CT molecular complexity index is 383. The molecule has 0 saturated carbocycles. The van der Waals surface area contributed by atoms with Gasteiger partial charge in [0.15, 0.2) is 0 Å². The summed E-state index contributed by atoms with van der Waals surface area (Å²) in [4.78, 5) is 9.88. The SMILES string of the molecule is CCn1[c-]nnn1.O=[C-]c1ccccc1.[CH3-].[V+2].[Y]. The van der Waals surface area contributed by atoms with Gasteiger partial charge < -0.3 is 22.0 Å². The van der Waals surface area contributed by atoms with Crippen LogP contribution in [0.3, 0.4) is 0 Å². The number of tetrazole rings is 1. The average molecular weight is 357 g/mol. The molecule has 2 rings (SSSR count). The molecule has 0 fully saturated rings. The second-order valence-corrected chi connectivity index (χ2v) is 2.56. The first-order chi connectivity index (χ1) is 7.36. The van der Waals surface area contributed by atoms with Crippen LogP contribution in [-0.4, -0.2) is 26.5 Å². The zero-order chi connectivity index (χ0) is 10.9. The number of hydrogen-bond donors (Lipinski definition) is 0. The predicted molar refractivity (Wildman–Crippen MR) is 60.0 cm³/mol. The van der Waals surface area contributed by atoms with Crippen LogP contribution in [0.4, 0.5) is 0 Å². The third-order valence-electron chi connectivity index (χ3n) is 1.54. The molecule has 1 heterocycles. The third kappa shape index (κ3) is 9.66. The van der Waals surface area contributed by atoms with Gasteiger partial charge >= 0.3 is 18.6 Å². The van der Waals surface area contributed by atoms with Crippen LogP contribution in [0.1, 0.15) is 12.5 Å². The molecule has 0 bridgehead atoms. The second-order valence-electron chi connectivity index (χ2n) is 2.56. The van der Waals surface area contributed by atoms with E-state index in [9.17, 15) is 4.79 Å². The van der Waals surface area contributed by atoms with E-state index in [1.165, 1.54) is 4.68 Å². The number of carbonyl (C=O) groups excluding carboxylic acids is 1. The van der Waals surface area contributed by atoms with E-state index in [1.807, 2.05) is 13.0 Å². The molecule has 5 nitrogen and oxygen atoms in total. The Hall–Kier alpha value is -0.352. The molecule has 2 radical (unpaired) electrons. The fourth-order valence-corrected chi connectivity index (χ4v) is 0.800. The summed E-state index contributed by atoms with van der Waals surface area (Å²) in [6, 6.07) is 8.90. The minimum absolute atomic E-state index is 0. The first-order valence-electron chi connectivity index (χ1n) is 4.44. The van der Waals surface area contributed by atoms with Gasteiger partial charge in [-0.15, -0.1) is 12.1 Å². The maximum Gasteiger partial charge on any atom is 2.00 e. The molecular formula is C11H13N4OVY-. The average Bonchev–Trinajstić information content (AvgIpc) is 2.84. The standard InChI is InChI=1S/C7H5O.C3H5N4.CH3.V.Y/c8-6-7-4-2-1-3-5-7;1-2-7-3-4-5-6-7;;;/h1-5H;2H2,1H3;1H3;;/q3*-1;+2;.